The third-order valence-electron chi connectivity index (χ3n) is 2.62. The van der Waals surface area contributed by atoms with Crippen LogP contribution >= 0.6 is 15.9 Å². The van der Waals surface area contributed by atoms with Crippen LogP contribution in [0.1, 0.15) is 11.3 Å². The van der Waals surface area contributed by atoms with Crippen molar-refractivity contribution in [3.8, 4) is 0 Å². The van der Waals surface area contributed by atoms with Gasteiger partial charge in [-0.3, -0.25) is 4.72 Å². The normalized spacial score (nSPS) is 11.5. The van der Waals surface area contributed by atoms with E-state index in [2.05, 4.69) is 25.6 Å². The van der Waals surface area contributed by atoms with Gasteiger partial charge in [0.25, 0.3) is 10.0 Å². The minimum atomic E-state index is -3.65. The van der Waals surface area contributed by atoms with Crippen molar-refractivity contribution >= 4 is 31.6 Å². The van der Waals surface area contributed by atoms with E-state index in [0.717, 1.165) is 10.0 Å². The zero-order valence-corrected chi connectivity index (χ0v) is 12.5. The minimum Gasteiger partial charge on any atom is -0.390 e. The average Bonchev–Trinajstić information content (AvgIpc) is 2.83. The molecule has 1 aromatic carbocycles. The van der Waals surface area contributed by atoms with Gasteiger partial charge in [0.05, 0.1) is 6.61 Å². The van der Waals surface area contributed by atoms with Crippen LogP contribution in [0.15, 0.2) is 39.8 Å². The topological polar surface area (TPSA) is 82.2 Å². The highest BCUT2D eigenvalue weighted by Gasteiger charge is 2.16. The summed E-state index contributed by atoms with van der Waals surface area (Å²) >= 11 is 3.35. The molecule has 0 atom stereocenters. The number of hydrogen-bond donors (Lipinski definition) is 3. The number of rotatable bonds is 4. The van der Waals surface area contributed by atoms with E-state index in [1.54, 1.807) is 12.1 Å². The summed E-state index contributed by atoms with van der Waals surface area (Å²) in [5.74, 6) is 0. The second-order valence-corrected chi connectivity index (χ2v) is 6.62. The number of aliphatic hydroxyl groups is 1. The number of aromatic nitrogens is 1. The number of sulfonamides is 1. The number of anilines is 1. The Labute approximate surface area is 119 Å². The van der Waals surface area contributed by atoms with Crippen LogP contribution < -0.4 is 4.72 Å². The van der Waals surface area contributed by atoms with E-state index in [9.17, 15) is 8.42 Å². The van der Waals surface area contributed by atoms with Gasteiger partial charge in [0.15, 0.2) is 0 Å². The molecule has 0 aliphatic heterocycles. The monoisotopic (exact) mass is 344 g/mol. The summed E-state index contributed by atoms with van der Waals surface area (Å²) < 4.78 is 27.5. The molecule has 0 aliphatic rings. The Morgan fingerprint density at radius 2 is 2.11 bits per heavy atom. The van der Waals surface area contributed by atoms with Gasteiger partial charge in [-0.05, 0) is 30.7 Å². The molecule has 7 heteroatoms. The molecule has 0 unspecified atom stereocenters. The summed E-state index contributed by atoms with van der Waals surface area (Å²) in [6, 6.07) is 6.60. The average molecular weight is 345 g/mol. The standard InChI is InChI=1S/C12H13BrN2O3S/c1-8-2-3-9(5-12(8)13)15-19(17,18)11-4-10(7-16)14-6-11/h2-6,14-16H,7H2,1H3. The van der Waals surface area contributed by atoms with Gasteiger partial charge in [-0.15, -0.1) is 0 Å². The van der Waals surface area contributed by atoms with Gasteiger partial charge in [0.2, 0.25) is 0 Å². The van der Waals surface area contributed by atoms with Crippen LogP contribution in [0, 0.1) is 6.92 Å². The fourth-order valence-corrected chi connectivity index (χ4v) is 2.98. The highest BCUT2D eigenvalue weighted by molar-refractivity contribution is 9.10. The second-order valence-electron chi connectivity index (χ2n) is 4.09. The fraction of sp³-hybridized carbons (Fsp3) is 0.167. The lowest BCUT2D eigenvalue weighted by Gasteiger charge is -2.07. The molecule has 1 aromatic heterocycles. The van der Waals surface area contributed by atoms with Gasteiger partial charge < -0.3 is 10.1 Å². The van der Waals surface area contributed by atoms with E-state index in [1.165, 1.54) is 12.3 Å². The van der Waals surface area contributed by atoms with Crippen molar-refractivity contribution in [2.24, 2.45) is 0 Å². The molecule has 0 spiro atoms. The zero-order valence-electron chi connectivity index (χ0n) is 10.1. The molecule has 3 N–H and O–H groups in total. The van der Waals surface area contributed by atoms with Crippen LogP contribution in [0.25, 0.3) is 0 Å². The molecule has 0 aliphatic carbocycles. The molecule has 0 radical (unpaired) electrons. The largest absolute Gasteiger partial charge is 0.390 e. The summed E-state index contributed by atoms with van der Waals surface area (Å²) in [5.41, 5.74) is 1.95. The lowest BCUT2D eigenvalue weighted by molar-refractivity contribution is 0.277. The Morgan fingerprint density at radius 3 is 2.68 bits per heavy atom. The number of aliphatic hydroxyl groups excluding tert-OH is 1. The Morgan fingerprint density at radius 1 is 1.37 bits per heavy atom. The first-order chi connectivity index (χ1) is 8.92. The predicted octanol–water partition coefficient (Wildman–Crippen LogP) is 2.38. The van der Waals surface area contributed by atoms with E-state index in [0.29, 0.717) is 11.4 Å². The Bertz CT molecular complexity index is 695. The molecule has 102 valence electrons. The van der Waals surface area contributed by atoms with Crippen LogP contribution in [0.2, 0.25) is 0 Å². The van der Waals surface area contributed by atoms with Crippen molar-refractivity contribution < 1.29 is 13.5 Å². The maximum Gasteiger partial charge on any atom is 0.263 e. The van der Waals surface area contributed by atoms with Gasteiger partial charge in [0, 0.05) is 22.1 Å². The number of aryl methyl sites for hydroxylation is 1. The van der Waals surface area contributed by atoms with E-state index in [-0.39, 0.29) is 11.5 Å². The number of halogens is 1. The van der Waals surface area contributed by atoms with Gasteiger partial charge in [-0.2, -0.15) is 0 Å². The Balaban J connectivity index is 2.28. The maximum absolute atomic E-state index is 12.1. The van der Waals surface area contributed by atoms with Gasteiger partial charge in [-0.1, -0.05) is 22.0 Å². The zero-order chi connectivity index (χ0) is 14.0. The van der Waals surface area contributed by atoms with Crippen LogP contribution in [0.5, 0.6) is 0 Å². The van der Waals surface area contributed by atoms with E-state index in [4.69, 9.17) is 5.11 Å². The first-order valence-electron chi connectivity index (χ1n) is 5.49. The molecule has 0 amide bonds. The minimum absolute atomic E-state index is 0.0910. The highest BCUT2D eigenvalue weighted by atomic mass is 79.9. The van der Waals surface area contributed by atoms with Crippen LogP contribution in [0.3, 0.4) is 0 Å². The molecular weight excluding hydrogens is 332 g/mol. The molecule has 0 bridgehead atoms. The van der Waals surface area contributed by atoms with Crippen molar-refractivity contribution in [2.45, 2.75) is 18.4 Å². The third kappa shape index (κ3) is 3.17. The first kappa shape index (κ1) is 14.1. The fourth-order valence-electron chi connectivity index (χ4n) is 1.54. The smallest absolute Gasteiger partial charge is 0.263 e. The third-order valence-corrected chi connectivity index (χ3v) is 4.84. The number of hydrogen-bond acceptors (Lipinski definition) is 3. The summed E-state index contributed by atoms with van der Waals surface area (Å²) in [4.78, 5) is 2.78. The number of H-pyrrole nitrogens is 1. The van der Waals surface area contributed by atoms with Gasteiger partial charge in [-0.25, -0.2) is 8.42 Å². The molecule has 2 rings (SSSR count). The molecule has 1 heterocycles. The highest BCUT2D eigenvalue weighted by Crippen LogP contribution is 2.23. The predicted molar refractivity (Wildman–Crippen MR) is 76.4 cm³/mol. The SMILES string of the molecule is Cc1ccc(NS(=O)(=O)c2c[nH]c(CO)c2)cc1Br. The molecule has 19 heavy (non-hydrogen) atoms. The van der Waals surface area contributed by atoms with Gasteiger partial charge in [0.1, 0.15) is 4.90 Å². The first-order valence-corrected chi connectivity index (χ1v) is 7.77. The van der Waals surface area contributed by atoms with Crippen molar-refractivity contribution in [1.82, 2.24) is 4.98 Å². The maximum atomic E-state index is 12.1. The number of benzene rings is 1. The molecule has 2 aromatic rings. The quantitative estimate of drug-likeness (QED) is 0.796. The molecule has 0 saturated heterocycles. The second kappa shape index (κ2) is 5.36. The van der Waals surface area contributed by atoms with E-state index < -0.39 is 10.0 Å². The number of nitrogens with one attached hydrogen (secondary N) is 2. The molecular formula is C12H13BrN2O3S. The summed E-state index contributed by atoms with van der Waals surface area (Å²) in [6.07, 6.45) is 1.34. The van der Waals surface area contributed by atoms with Crippen molar-refractivity contribution in [2.75, 3.05) is 4.72 Å². The summed E-state index contributed by atoms with van der Waals surface area (Å²) in [6.45, 7) is 1.69. The lowest BCUT2D eigenvalue weighted by atomic mass is 10.2. The van der Waals surface area contributed by atoms with Crippen molar-refractivity contribution in [1.29, 1.82) is 0 Å². The van der Waals surface area contributed by atoms with Crippen LogP contribution in [-0.2, 0) is 16.6 Å². The Hall–Kier alpha value is -1.31. The van der Waals surface area contributed by atoms with E-state index >= 15 is 0 Å². The van der Waals surface area contributed by atoms with Crippen LogP contribution in [-0.4, -0.2) is 18.5 Å². The van der Waals surface area contributed by atoms with Crippen molar-refractivity contribution in [3.05, 3.63) is 46.2 Å². The van der Waals surface area contributed by atoms with Gasteiger partial charge >= 0.3 is 0 Å². The molecule has 0 saturated carbocycles. The lowest BCUT2D eigenvalue weighted by Crippen LogP contribution is -2.12. The summed E-state index contributed by atoms with van der Waals surface area (Å²) in [5, 5.41) is 8.92. The summed E-state index contributed by atoms with van der Waals surface area (Å²) in [7, 11) is -3.65. The van der Waals surface area contributed by atoms with E-state index in [1.807, 2.05) is 13.0 Å². The molecule has 5 nitrogen and oxygen atoms in total. The van der Waals surface area contributed by atoms with Crippen molar-refractivity contribution in [3.63, 3.8) is 0 Å². The molecule has 0 fully saturated rings. The van der Waals surface area contributed by atoms with Crippen LogP contribution in [0.4, 0.5) is 5.69 Å². The Kier molecular flexibility index (Phi) is 3.98. The number of aromatic amines is 1.